The van der Waals surface area contributed by atoms with E-state index in [0.29, 0.717) is 4.83 Å². The second-order valence-electron chi connectivity index (χ2n) is 2.48. The van der Waals surface area contributed by atoms with Crippen LogP contribution >= 0.6 is 38.9 Å². The van der Waals surface area contributed by atoms with Crippen molar-refractivity contribution in [1.29, 1.82) is 0 Å². The van der Waals surface area contributed by atoms with E-state index in [-0.39, 0.29) is 0 Å². The number of thiophene rings is 1. The van der Waals surface area contributed by atoms with Gasteiger partial charge in [-0.1, -0.05) is 34.5 Å². The van der Waals surface area contributed by atoms with Crippen molar-refractivity contribution in [3.8, 4) is 0 Å². The smallest absolute Gasteiger partial charge is 0.0960 e. The molecule has 0 amide bonds. The molecule has 62 valence electrons. The molecule has 1 heterocycles. The van der Waals surface area contributed by atoms with Gasteiger partial charge in [0, 0.05) is 9.70 Å². The van der Waals surface area contributed by atoms with Gasteiger partial charge in [0.05, 0.1) is 4.34 Å². The molecule has 1 rings (SSSR count). The summed E-state index contributed by atoms with van der Waals surface area (Å²) in [6.45, 7) is 4.19. The van der Waals surface area contributed by atoms with Crippen LogP contribution in [0.2, 0.25) is 4.34 Å². The van der Waals surface area contributed by atoms with Crippen LogP contribution in [0, 0.1) is 6.92 Å². The molecule has 0 radical (unpaired) electrons. The van der Waals surface area contributed by atoms with Crippen molar-refractivity contribution in [2.75, 3.05) is 0 Å². The lowest BCUT2D eigenvalue weighted by atomic mass is 10.2. The number of rotatable bonds is 2. The van der Waals surface area contributed by atoms with Gasteiger partial charge < -0.3 is 0 Å². The van der Waals surface area contributed by atoms with Gasteiger partial charge in [0.25, 0.3) is 0 Å². The Balaban J connectivity index is 2.88. The zero-order valence-corrected chi connectivity index (χ0v) is 9.68. The van der Waals surface area contributed by atoms with Crippen LogP contribution in [-0.4, -0.2) is 0 Å². The van der Waals surface area contributed by atoms with Crippen LogP contribution in [0.15, 0.2) is 6.07 Å². The topological polar surface area (TPSA) is 0 Å². The molecule has 0 N–H and O–H groups in total. The van der Waals surface area contributed by atoms with E-state index in [9.17, 15) is 0 Å². The molecule has 1 aromatic heterocycles. The molecular weight excluding hydrogens is 244 g/mol. The molecule has 1 atom stereocenters. The van der Waals surface area contributed by atoms with Crippen LogP contribution in [0.3, 0.4) is 0 Å². The van der Waals surface area contributed by atoms with Crippen molar-refractivity contribution in [3.63, 3.8) is 0 Å². The first-order valence-corrected chi connectivity index (χ1v) is 5.66. The van der Waals surface area contributed by atoms with E-state index < -0.39 is 0 Å². The van der Waals surface area contributed by atoms with Crippen LogP contribution in [-0.2, 0) is 0 Å². The Morgan fingerprint density at radius 3 is 2.73 bits per heavy atom. The van der Waals surface area contributed by atoms with E-state index in [4.69, 9.17) is 11.6 Å². The van der Waals surface area contributed by atoms with Crippen molar-refractivity contribution >= 4 is 38.9 Å². The maximum absolute atomic E-state index is 5.93. The second kappa shape index (κ2) is 3.92. The molecule has 0 saturated carbocycles. The summed E-state index contributed by atoms with van der Waals surface area (Å²) < 4.78 is 0.915. The molecule has 0 fully saturated rings. The summed E-state index contributed by atoms with van der Waals surface area (Å²) >= 11 is 11.2. The zero-order chi connectivity index (χ0) is 8.43. The molecule has 0 aliphatic rings. The van der Waals surface area contributed by atoms with Gasteiger partial charge in [0.1, 0.15) is 0 Å². The van der Waals surface area contributed by atoms with E-state index in [0.717, 1.165) is 10.8 Å². The Morgan fingerprint density at radius 1 is 1.73 bits per heavy atom. The molecule has 0 saturated heterocycles. The summed E-state index contributed by atoms with van der Waals surface area (Å²) in [5, 5.41) is 0. The minimum absolute atomic E-state index is 0.471. The predicted octanol–water partition coefficient (Wildman–Crippen LogP) is 4.56. The van der Waals surface area contributed by atoms with Gasteiger partial charge in [-0.05, 0) is 25.0 Å². The maximum Gasteiger partial charge on any atom is 0.0960 e. The van der Waals surface area contributed by atoms with Crippen LogP contribution in [0.4, 0.5) is 0 Å². The molecule has 3 heteroatoms. The van der Waals surface area contributed by atoms with Gasteiger partial charge in [-0.25, -0.2) is 0 Å². The first-order chi connectivity index (χ1) is 5.15. The maximum atomic E-state index is 5.93. The summed E-state index contributed by atoms with van der Waals surface area (Å²) in [7, 11) is 0. The summed E-state index contributed by atoms with van der Waals surface area (Å²) in [5.41, 5.74) is 1.18. The molecule has 0 spiro atoms. The van der Waals surface area contributed by atoms with Gasteiger partial charge in [-0.3, -0.25) is 0 Å². The lowest BCUT2D eigenvalue weighted by molar-refractivity contribution is 0.928. The SMILES string of the molecule is CCC(Br)c1cc(C)c(Cl)s1. The minimum Gasteiger partial charge on any atom is -0.127 e. The van der Waals surface area contributed by atoms with Crippen molar-refractivity contribution in [3.05, 3.63) is 20.8 Å². The highest BCUT2D eigenvalue weighted by Crippen LogP contribution is 2.36. The standard InChI is InChI=1S/C8H10BrClS/c1-3-6(9)7-4-5(2)8(10)11-7/h4,6H,3H2,1-2H3. The van der Waals surface area contributed by atoms with Crippen LogP contribution < -0.4 is 0 Å². The number of aryl methyl sites for hydroxylation is 1. The van der Waals surface area contributed by atoms with Gasteiger partial charge in [0.2, 0.25) is 0 Å². The normalized spacial score (nSPS) is 13.5. The molecule has 0 aromatic carbocycles. The Labute approximate surface area is 84.7 Å². The molecular formula is C8H10BrClS. The van der Waals surface area contributed by atoms with Gasteiger partial charge in [-0.2, -0.15) is 0 Å². The van der Waals surface area contributed by atoms with Gasteiger partial charge in [-0.15, -0.1) is 11.3 Å². The molecule has 1 unspecified atom stereocenters. The monoisotopic (exact) mass is 252 g/mol. The average molecular weight is 254 g/mol. The third-order valence-corrected chi connectivity index (χ3v) is 4.66. The highest BCUT2D eigenvalue weighted by atomic mass is 79.9. The lowest BCUT2D eigenvalue weighted by Crippen LogP contribution is -1.79. The van der Waals surface area contributed by atoms with E-state index >= 15 is 0 Å². The summed E-state index contributed by atoms with van der Waals surface area (Å²) in [6, 6.07) is 2.15. The largest absolute Gasteiger partial charge is 0.127 e. The number of hydrogen-bond donors (Lipinski definition) is 0. The van der Waals surface area contributed by atoms with Crippen molar-refractivity contribution in [2.45, 2.75) is 25.1 Å². The third-order valence-electron chi connectivity index (χ3n) is 1.54. The van der Waals surface area contributed by atoms with Crippen molar-refractivity contribution in [1.82, 2.24) is 0 Å². The number of halogens is 2. The first-order valence-electron chi connectivity index (χ1n) is 3.55. The van der Waals surface area contributed by atoms with E-state index in [1.807, 2.05) is 6.92 Å². The van der Waals surface area contributed by atoms with Crippen LogP contribution in [0.25, 0.3) is 0 Å². The summed E-state index contributed by atoms with van der Waals surface area (Å²) in [4.78, 5) is 1.80. The highest BCUT2D eigenvalue weighted by molar-refractivity contribution is 9.09. The lowest BCUT2D eigenvalue weighted by Gasteiger charge is -2.00. The predicted molar refractivity (Wildman–Crippen MR) is 56.0 cm³/mol. The zero-order valence-electron chi connectivity index (χ0n) is 6.53. The Morgan fingerprint density at radius 2 is 2.36 bits per heavy atom. The van der Waals surface area contributed by atoms with Crippen molar-refractivity contribution < 1.29 is 0 Å². The van der Waals surface area contributed by atoms with Gasteiger partial charge in [0.15, 0.2) is 0 Å². The van der Waals surface area contributed by atoms with Crippen LogP contribution in [0.5, 0.6) is 0 Å². The molecule has 11 heavy (non-hydrogen) atoms. The summed E-state index contributed by atoms with van der Waals surface area (Å²) in [6.07, 6.45) is 1.11. The average Bonchev–Trinajstić information content (AvgIpc) is 2.31. The highest BCUT2D eigenvalue weighted by Gasteiger charge is 2.09. The fourth-order valence-electron chi connectivity index (χ4n) is 0.839. The Bertz CT molecular complexity index is 225. The Kier molecular flexibility index (Phi) is 3.41. The van der Waals surface area contributed by atoms with Crippen LogP contribution in [0.1, 0.15) is 28.6 Å². The van der Waals surface area contributed by atoms with E-state index in [1.165, 1.54) is 10.4 Å². The van der Waals surface area contributed by atoms with Crippen molar-refractivity contribution in [2.24, 2.45) is 0 Å². The molecule has 0 aliphatic carbocycles. The molecule has 0 bridgehead atoms. The molecule has 0 aliphatic heterocycles. The minimum atomic E-state index is 0.471. The molecule has 0 nitrogen and oxygen atoms in total. The molecule has 1 aromatic rings. The fourth-order valence-corrected chi connectivity index (χ4v) is 2.53. The third kappa shape index (κ3) is 2.20. The summed E-state index contributed by atoms with van der Waals surface area (Å²) in [5.74, 6) is 0. The van der Waals surface area contributed by atoms with E-state index in [1.54, 1.807) is 11.3 Å². The van der Waals surface area contributed by atoms with Gasteiger partial charge >= 0.3 is 0 Å². The number of hydrogen-bond acceptors (Lipinski definition) is 1. The number of alkyl halides is 1. The fraction of sp³-hybridized carbons (Fsp3) is 0.500. The first kappa shape index (κ1) is 9.56. The van der Waals surface area contributed by atoms with E-state index in [2.05, 4.69) is 28.9 Å². The quantitative estimate of drug-likeness (QED) is 0.678. The second-order valence-corrected chi connectivity index (χ2v) is 5.27. The Hall–Kier alpha value is 0.470.